The molecule has 1 aromatic rings. The molecule has 0 aromatic heterocycles. The molecule has 0 atom stereocenters. The number of carbonyl (C=O) groups excluding carboxylic acids is 2. The SMILES string of the molecule is CCN(C)C(=O)c1ccc(Cl)cc1N1CCCC1=O. The summed E-state index contributed by atoms with van der Waals surface area (Å²) in [5.74, 6) is -0.0377. The minimum absolute atomic E-state index is 0.0514. The van der Waals surface area contributed by atoms with E-state index in [9.17, 15) is 9.59 Å². The van der Waals surface area contributed by atoms with Gasteiger partial charge in [0, 0.05) is 31.6 Å². The van der Waals surface area contributed by atoms with Gasteiger partial charge in [-0.2, -0.15) is 0 Å². The molecule has 4 nitrogen and oxygen atoms in total. The molecule has 0 aliphatic carbocycles. The Hall–Kier alpha value is -1.55. The van der Waals surface area contributed by atoms with Gasteiger partial charge in [-0.3, -0.25) is 9.59 Å². The van der Waals surface area contributed by atoms with Crippen LogP contribution in [-0.2, 0) is 4.79 Å². The van der Waals surface area contributed by atoms with Crippen LogP contribution in [-0.4, -0.2) is 36.9 Å². The van der Waals surface area contributed by atoms with Crippen molar-refractivity contribution in [2.24, 2.45) is 0 Å². The molecule has 1 heterocycles. The first kappa shape index (κ1) is 13.9. The second-order valence-corrected chi connectivity index (χ2v) is 5.07. The van der Waals surface area contributed by atoms with Gasteiger partial charge in [-0.1, -0.05) is 11.6 Å². The van der Waals surface area contributed by atoms with Crippen molar-refractivity contribution in [2.45, 2.75) is 19.8 Å². The van der Waals surface area contributed by atoms with Crippen molar-refractivity contribution in [1.29, 1.82) is 0 Å². The lowest BCUT2D eigenvalue weighted by Crippen LogP contribution is -2.31. The van der Waals surface area contributed by atoms with Crippen LogP contribution in [0.15, 0.2) is 18.2 Å². The maximum Gasteiger partial charge on any atom is 0.255 e. The Balaban J connectivity index is 2.43. The van der Waals surface area contributed by atoms with E-state index in [1.54, 1.807) is 35.0 Å². The third kappa shape index (κ3) is 2.73. The number of hydrogen-bond acceptors (Lipinski definition) is 2. The summed E-state index contributed by atoms with van der Waals surface area (Å²) >= 11 is 6.00. The quantitative estimate of drug-likeness (QED) is 0.854. The summed E-state index contributed by atoms with van der Waals surface area (Å²) in [6.45, 7) is 3.18. The Kier molecular flexibility index (Phi) is 4.10. The van der Waals surface area contributed by atoms with Crippen LogP contribution in [0.3, 0.4) is 0 Å². The molecule has 1 fully saturated rings. The molecule has 102 valence electrons. The summed E-state index contributed by atoms with van der Waals surface area (Å²) < 4.78 is 0. The van der Waals surface area contributed by atoms with Crippen molar-refractivity contribution in [1.82, 2.24) is 4.90 Å². The third-order valence-electron chi connectivity index (χ3n) is 3.38. The topological polar surface area (TPSA) is 40.6 Å². The standard InChI is InChI=1S/C14H17ClN2O2/c1-3-16(2)14(19)11-7-6-10(15)9-12(11)17-8-4-5-13(17)18/h6-7,9H,3-5,8H2,1-2H3. The third-order valence-corrected chi connectivity index (χ3v) is 3.61. The Morgan fingerprint density at radius 3 is 2.79 bits per heavy atom. The number of benzene rings is 1. The van der Waals surface area contributed by atoms with Crippen molar-refractivity contribution in [3.8, 4) is 0 Å². The van der Waals surface area contributed by atoms with Crippen molar-refractivity contribution in [3.05, 3.63) is 28.8 Å². The van der Waals surface area contributed by atoms with E-state index < -0.39 is 0 Å². The fraction of sp³-hybridized carbons (Fsp3) is 0.429. The molecule has 2 amide bonds. The van der Waals surface area contributed by atoms with Crippen LogP contribution in [0, 0.1) is 0 Å². The Bertz CT molecular complexity index is 516. The molecular formula is C14H17ClN2O2. The fourth-order valence-electron chi connectivity index (χ4n) is 2.16. The number of halogens is 1. The first-order valence-electron chi connectivity index (χ1n) is 6.40. The monoisotopic (exact) mass is 280 g/mol. The lowest BCUT2D eigenvalue weighted by atomic mass is 10.1. The highest BCUT2D eigenvalue weighted by molar-refractivity contribution is 6.31. The number of nitrogens with zero attached hydrogens (tertiary/aromatic N) is 2. The molecule has 0 unspecified atom stereocenters. The summed E-state index contributed by atoms with van der Waals surface area (Å²) in [6, 6.07) is 5.07. The zero-order valence-corrected chi connectivity index (χ0v) is 11.9. The van der Waals surface area contributed by atoms with E-state index in [0.29, 0.717) is 35.8 Å². The van der Waals surface area contributed by atoms with Crippen LogP contribution in [0.5, 0.6) is 0 Å². The minimum atomic E-state index is -0.0890. The minimum Gasteiger partial charge on any atom is -0.342 e. The summed E-state index contributed by atoms with van der Waals surface area (Å²) in [6.07, 6.45) is 1.35. The Morgan fingerprint density at radius 2 is 2.21 bits per heavy atom. The molecule has 1 aliphatic heterocycles. The van der Waals surface area contributed by atoms with E-state index in [2.05, 4.69) is 0 Å². The van der Waals surface area contributed by atoms with E-state index in [1.165, 1.54) is 0 Å². The number of carbonyl (C=O) groups is 2. The molecule has 5 heteroatoms. The highest BCUT2D eigenvalue weighted by Gasteiger charge is 2.26. The van der Waals surface area contributed by atoms with E-state index in [4.69, 9.17) is 11.6 Å². The van der Waals surface area contributed by atoms with E-state index in [-0.39, 0.29) is 11.8 Å². The zero-order valence-electron chi connectivity index (χ0n) is 11.1. The predicted octanol–water partition coefficient (Wildman–Crippen LogP) is 2.56. The molecule has 19 heavy (non-hydrogen) atoms. The first-order valence-corrected chi connectivity index (χ1v) is 6.77. The van der Waals surface area contributed by atoms with Crippen molar-refractivity contribution in [2.75, 3.05) is 25.0 Å². The van der Waals surface area contributed by atoms with Crippen LogP contribution < -0.4 is 4.90 Å². The van der Waals surface area contributed by atoms with Gasteiger partial charge >= 0.3 is 0 Å². The molecule has 0 radical (unpaired) electrons. The van der Waals surface area contributed by atoms with Gasteiger partial charge in [-0.05, 0) is 31.5 Å². The number of anilines is 1. The molecular weight excluding hydrogens is 264 g/mol. The van der Waals surface area contributed by atoms with Gasteiger partial charge in [0.05, 0.1) is 11.3 Å². The van der Waals surface area contributed by atoms with Crippen LogP contribution in [0.4, 0.5) is 5.69 Å². The van der Waals surface area contributed by atoms with E-state index in [1.807, 2.05) is 6.92 Å². The molecule has 0 bridgehead atoms. The lowest BCUT2D eigenvalue weighted by Gasteiger charge is -2.22. The molecule has 0 saturated carbocycles. The largest absolute Gasteiger partial charge is 0.342 e. The average Bonchev–Trinajstić information content (AvgIpc) is 2.83. The molecule has 1 aliphatic rings. The maximum atomic E-state index is 12.3. The van der Waals surface area contributed by atoms with E-state index in [0.717, 1.165) is 6.42 Å². The summed E-state index contributed by atoms with van der Waals surface area (Å²) in [7, 11) is 1.74. The second-order valence-electron chi connectivity index (χ2n) is 4.63. The second kappa shape index (κ2) is 5.61. The summed E-state index contributed by atoms with van der Waals surface area (Å²) in [4.78, 5) is 27.4. The zero-order chi connectivity index (χ0) is 14.0. The van der Waals surface area contributed by atoms with Gasteiger partial charge in [0.2, 0.25) is 5.91 Å². The molecule has 1 saturated heterocycles. The normalized spacial score (nSPS) is 14.9. The maximum absolute atomic E-state index is 12.3. The van der Waals surface area contributed by atoms with Gasteiger partial charge in [0.15, 0.2) is 0 Å². The predicted molar refractivity (Wildman–Crippen MR) is 75.7 cm³/mol. The lowest BCUT2D eigenvalue weighted by molar-refractivity contribution is -0.117. The molecule has 2 rings (SSSR count). The van der Waals surface area contributed by atoms with Crippen molar-refractivity contribution < 1.29 is 9.59 Å². The molecule has 1 aromatic carbocycles. The van der Waals surface area contributed by atoms with Gasteiger partial charge < -0.3 is 9.80 Å². The highest BCUT2D eigenvalue weighted by Crippen LogP contribution is 2.29. The number of rotatable bonds is 3. The van der Waals surface area contributed by atoms with Crippen molar-refractivity contribution >= 4 is 29.1 Å². The first-order chi connectivity index (χ1) is 9.04. The smallest absolute Gasteiger partial charge is 0.255 e. The van der Waals surface area contributed by atoms with E-state index >= 15 is 0 Å². The van der Waals surface area contributed by atoms with Crippen LogP contribution in [0.1, 0.15) is 30.1 Å². The fourth-order valence-corrected chi connectivity index (χ4v) is 2.33. The Morgan fingerprint density at radius 1 is 1.47 bits per heavy atom. The summed E-state index contributed by atoms with van der Waals surface area (Å²) in [5.41, 5.74) is 1.16. The Labute approximate surface area is 117 Å². The van der Waals surface area contributed by atoms with Gasteiger partial charge in [0.25, 0.3) is 5.91 Å². The number of hydrogen-bond donors (Lipinski definition) is 0. The van der Waals surface area contributed by atoms with Crippen LogP contribution in [0.2, 0.25) is 5.02 Å². The van der Waals surface area contributed by atoms with Gasteiger partial charge in [-0.15, -0.1) is 0 Å². The van der Waals surface area contributed by atoms with Crippen molar-refractivity contribution in [3.63, 3.8) is 0 Å². The van der Waals surface area contributed by atoms with Crippen LogP contribution in [0.25, 0.3) is 0 Å². The highest BCUT2D eigenvalue weighted by atomic mass is 35.5. The molecule has 0 N–H and O–H groups in total. The van der Waals surface area contributed by atoms with Crippen LogP contribution >= 0.6 is 11.6 Å². The summed E-state index contributed by atoms with van der Waals surface area (Å²) in [5, 5.41) is 0.533. The van der Waals surface area contributed by atoms with Gasteiger partial charge in [-0.25, -0.2) is 0 Å². The molecule has 0 spiro atoms. The number of amides is 2. The average molecular weight is 281 g/mol. The van der Waals surface area contributed by atoms with Gasteiger partial charge in [0.1, 0.15) is 0 Å².